The number of carboxylic acids is 1. The van der Waals surface area contributed by atoms with E-state index in [1.165, 1.54) is 12.5 Å². The molecule has 2 N–H and O–H groups in total. The average Bonchev–Trinajstić information content (AvgIpc) is 2.98. The third kappa shape index (κ3) is 2.82. The maximum atomic E-state index is 11.7. The lowest BCUT2D eigenvalue weighted by atomic mass is 10.1. The van der Waals surface area contributed by atoms with Crippen LogP contribution in [-0.2, 0) is 0 Å². The highest BCUT2D eigenvalue weighted by Gasteiger charge is 2.17. The molecule has 3 rings (SSSR count). The lowest BCUT2D eigenvalue weighted by Gasteiger charge is -2.23. The molecule has 1 aromatic carbocycles. The molecule has 0 bridgehead atoms. The van der Waals surface area contributed by atoms with Gasteiger partial charge in [0, 0.05) is 36.8 Å². The monoisotopic (exact) mass is 302 g/mol. The quantitative estimate of drug-likeness (QED) is 0.836. The summed E-state index contributed by atoms with van der Waals surface area (Å²) in [5, 5.41) is 13.0. The minimum atomic E-state index is -1.27. The summed E-state index contributed by atoms with van der Waals surface area (Å²) in [6.45, 7) is 1.94. The molecule has 1 aliphatic heterocycles. The largest absolute Gasteiger partial charge is 0.477 e. The number of hydrogen-bond acceptors (Lipinski definition) is 5. The van der Waals surface area contributed by atoms with Crippen LogP contribution in [0.2, 0.25) is 0 Å². The molecule has 0 amide bonds. The summed E-state index contributed by atoms with van der Waals surface area (Å²) < 4.78 is 5.14. The first-order chi connectivity index (χ1) is 10.5. The fourth-order valence-electron chi connectivity index (χ4n) is 2.83. The average molecular weight is 302 g/mol. The number of aromatic carboxylic acids is 1. The highest BCUT2D eigenvalue weighted by molar-refractivity contribution is 5.92. The first kappa shape index (κ1) is 14.6. The van der Waals surface area contributed by atoms with E-state index < -0.39 is 11.6 Å². The number of carbonyl (C=O) groups is 1. The fourth-order valence-corrected chi connectivity index (χ4v) is 2.83. The molecule has 1 saturated heterocycles. The minimum Gasteiger partial charge on any atom is -0.477 e. The predicted molar refractivity (Wildman–Crippen MR) is 83.7 cm³/mol. The van der Waals surface area contributed by atoms with E-state index in [4.69, 9.17) is 9.52 Å². The molecule has 2 heterocycles. The molecular weight excluding hydrogens is 284 g/mol. The van der Waals surface area contributed by atoms with E-state index in [-0.39, 0.29) is 5.56 Å². The maximum Gasteiger partial charge on any atom is 0.351 e. The van der Waals surface area contributed by atoms with Crippen LogP contribution < -0.4 is 15.8 Å². The standard InChI is InChI=1S/C16H18N2O4/c1-18(9-11-3-2-6-17-11)12-5-4-10-7-13(15(19)20)16(21)22-14(10)8-12/h4-5,7-8,11,17H,2-3,6,9H2,1H3,(H,19,20). The molecule has 6 heteroatoms. The number of rotatable bonds is 4. The molecule has 1 unspecified atom stereocenters. The molecule has 2 aromatic rings. The molecule has 0 radical (unpaired) electrons. The Morgan fingerprint density at radius 1 is 1.45 bits per heavy atom. The molecule has 0 saturated carbocycles. The predicted octanol–water partition coefficient (Wildman–Crippen LogP) is 1.68. The van der Waals surface area contributed by atoms with Crippen LogP contribution in [0.4, 0.5) is 5.69 Å². The van der Waals surface area contributed by atoms with Crippen molar-refractivity contribution < 1.29 is 14.3 Å². The van der Waals surface area contributed by atoms with Gasteiger partial charge >= 0.3 is 11.6 Å². The fraction of sp³-hybridized carbons (Fsp3) is 0.375. The van der Waals surface area contributed by atoms with Crippen LogP contribution >= 0.6 is 0 Å². The van der Waals surface area contributed by atoms with Gasteiger partial charge in [-0.2, -0.15) is 0 Å². The number of fused-ring (bicyclic) bond motifs is 1. The Bertz CT molecular complexity index is 762. The lowest BCUT2D eigenvalue weighted by Crippen LogP contribution is -2.35. The molecule has 1 aromatic heterocycles. The number of anilines is 1. The zero-order valence-electron chi connectivity index (χ0n) is 12.3. The van der Waals surface area contributed by atoms with Crippen LogP contribution in [0.3, 0.4) is 0 Å². The molecule has 0 spiro atoms. The number of nitrogens with zero attached hydrogens (tertiary/aromatic N) is 1. The van der Waals surface area contributed by atoms with Crippen molar-refractivity contribution in [1.29, 1.82) is 0 Å². The molecule has 1 fully saturated rings. The van der Waals surface area contributed by atoms with Gasteiger partial charge < -0.3 is 19.7 Å². The summed E-state index contributed by atoms with van der Waals surface area (Å²) in [7, 11) is 1.99. The summed E-state index contributed by atoms with van der Waals surface area (Å²) in [4.78, 5) is 24.7. The smallest absolute Gasteiger partial charge is 0.351 e. The van der Waals surface area contributed by atoms with Gasteiger partial charge in [0.05, 0.1) is 0 Å². The van der Waals surface area contributed by atoms with Crippen LogP contribution in [0.15, 0.2) is 33.5 Å². The van der Waals surface area contributed by atoms with Gasteiger partial charge in [0.15, 0.2) is 0 Å². The van der Waals surface area contributed by atoms with Gasteiger partial charge in [-0.15, -0.1) is 0 Å². The maximum absolute atomic E-state index is 11.7. The minimum absolute atomic E-state index is 0.344. The van der Waals surface area contributed by atoms with Crippen LogP contribution in [0.1, 0.15) is 23.2 Å². The van der Waals surface area contributed by atoms with Gasteiger partial charge in [-0.1, -0.05) is 0 Å². The van der Waals surface area contributed by atoms with Crippen molar-refractivity contribution in [2.45, 2.75) is 18.9 Å². The van der Waals surface area contributed by atoms with Gasteiger partial charge in [0.1, 0.15) is 11.1 Å². The van der Waals surface area contributed by atoms with Crippen molar-refractivity contribution in [3.8, 4) is 0 Å². The normalized spacial score (nSPS) is 17.8. The van der Waals surface area contributed by atoms with Gasteiger partial charge in [0.2, 0.25) is 0 Å². The van der Waals surface area contributed by atoms with Crippen molar-refractivity contribution in [2.24, 2.45) is 0 Å². The Morgan fingerprint density at radius 3 is 2.95 bits per heavy atom. The zero-order valence-corrected chi connectivity index (χ0v) is 12.3. The summed E-state index contributed by atoms with van der Waals surface area (Å²) >= 11 is 0. The molecule has 0 aliphatic carbocycles. The summed E-state index contributed by atoms with van der Waals surface area (Å²) in [6.07, 6.45) is 2.36. The van der Waals surface area contributed by atoms with Crippen molar-refractivity contribution in [3.63, 3.8) is 0 Å². The third-order valence-corrected chi connectivity index (χ3v) is 4.05. The van der Waals surface area contributed by atoms with Crippen molar-refractivity contribution in [3.05, 3.63) is 40.2 Å². The van der Waals surface area contributed by atoms with E-state index in [0.29, 0.717) is 17.0 Å². The Labute approximate surface area is 127 Å². The van der Waals surface area contributed by atoms with Crippen molar-refractivity contribution >= 4 is 22.6 Å². The summed E-state index contributed by atoms with van der Waals surface area (Å²) in [5.74, 6) is -1.27. The number of nitrogens with one attached hydrogen (secondary N) is 1. The van der Waals surface area contributed by atoms with Gasteiger partial charge in [-0.05, 0) is 37.6 Å². The van der Waals surface area contributed by atoms with Gasteiger partial charge in [-0.3, -0.25) is 0 Å². The molecular formula is C16H18N2O4. The molecule has 1 atom stereocenters. The SMILES string of the molecule is CN(CC1CCCN1)c1ccc2cc(C(=O)O)c(=O)oc2c1. The van der Waals surface area contributed by atoms with Gasteiger partial charge in [0.25, 0.3) is 0 Å². The van der Waals surface area contributed by atoms with Crippen LogP contribution in [-0.4, -0.2) is 37.3 Å². The Balaban J connectivity index is 1.90. The third-order valence-electron chi connectivity index (χ3n) is 4.05. The second kappa shape index (κ2) is 5.81. The number of hydrogen-bond donors (Lipinski definition) is 2. The molecule has 1 aliphatic rings. The Morgan fingerprint density at radius 2 is 2.27 bits per heavy atom. The lowest BCUT2D eigenvalue weighted by molar-refractivity contribution is 0.0692. The number of likely N-dealkylation sites (N-methyl/N-ethyl adjacent to an activating group) is 1. The van der Waals surface area contributed by atoms with Crippen LogP contribution in [0.5, 0.6) is 0 Å². The molecule has 6 nitrogen and oxygen atoms in total. The highest BCUT2D eigenvalue weighted by Crippen LogP contribution is 2.22. The summed E-state index contributed by atoms with van der Waals surface area (Å²) in [6, 6.07) is 7.28. The molecule has 22 heavy (non-hydrogen) atoms. The van der Waals surface area contributed by atoms with Gasteiger partial charge in [-0.25, -0.2) is 9.59 Å². The first-order valence-corrected chi connectivity index (χ1v) is 7.30. The van der Waals surface area contributed by atoms with E-state index in [2.05, 4.69) is 10.2 Å². The highest BCUT2D eigenvalue weighted by atomic mass is 16.4. The second-order valence-electron chi connectivity index (χ2n) is 5.65. The topological polar surface area (TPSA) is 82.8 Å². The van der Waals surface area contributed by atoms with Crippen LogP contribution in [0, 0.1) is 0 Å². The second-order valence-corrected chi connectivity index (χ2v) is 5.65. The molecule has 116 valence electrons. The summed E-state index contributed by atoms with van der Waals surface area (Å²) in [5.41, 5.74) is 0.173. The van der Waals surface area contributed by atoms with Crippen molar-refractivity contribution in [1.82, 2.24) is 5.32 Å². The van der Waals surface area contributed by atoms with Crippen molar-refractivity contribution in [2.75, 3.05) is 25.0 Å². The number of benzene rings is 1. The number of carboxylic acid groups (broad SMARTS) is 1. The van der Waals surface area contributed by atoms with E-state index in [1.54, 1.807) is 12.1 Å². The van der Waals surface area contributed by atoms with E-state index in [9.17, 15) is 9.59 Å². The Hall–Kier alpha value is -2.34. The first-order valence-electron chi connectivity index (χ1n) is 7.30. The van der Waals surface area contributed by atoms with Crippen LogP contribution in [0.25, 0.3) is 11.0 Å². The zero-order chi connectivity index (χ0) is 15.7. The van der Waals surface area contributed by atoms with E-state index in [1.807, 2.05) is 13.1 Å². The Kier molecular flexibility index (Phi) is 3.85. The van der Waals surface area contributed by atoms with E-state index >= 15 is 0 Å². The van der Waals surface area contributed by atoms with E-state index in [0.717, 1.165) is 25.2 Å².